The lowest BCUT2D eigenvalue weighted by Crippen LogP contribution is -2.30. The van der Waals surface area contributed by atoms with Gasteiger partial charge in [-0.15, -0.1) is 0 Å². The summed E-state index contributed by atoms with van der Waals surface area (Å²) in [5.74, 6) is -0.867. The number of carbonyl (C=O) groups excluding carboxylic acids is 3. The highest BCUT2D eigenvalue weighted by Crippen LogP contribution is 2.17. The van der Waals surface area contributed by atoms with E-state index in [2.05, 4.69) is 69.4 Å². The smallest absolute Gasteiger partial charge is 0.306 e. The van der Waals surface area contributed by atoms with Crippen molar-refractivity contribution in [3.05, 3.63) is 48.6 Å². The normalized spacial score (nSPS) is 12.3. The van der Waals surface area contributed by atoms with Crippen molar-refractivity contribution in [2.75, 3.05) is 13.2 Å². The average molecular weight is 1040 g/mol. The molecule has 0 saturated heterocycles. The van der Waals surface area contributed by atoms with Gasteiger partial charge in [0.2, 0.25) is 0 Å². The number of esters is 3. The molecule has 0 aliphatic carbocycles. The van der Waals surface area contributed by atoms with Crippen LogP contribution in [0.15, 0.2) is 48.6 Å². The van der Waals surface area contributed by atoms with Crippen LogP contribution in [0.1, 0.15) is 348 Å². The predicted octanol–water partition coefficient (Wildman–Crippen LogP) is 22.2. The van der Waals surface area contributed by atoms with Gasteiger partial charge in [0.15, 0.2) is 6.10 Å². The molecule has 0 aromatic rings. The van der Waals surface area contributed by atoms with E-state index >= 15 is 0 Å². The zero-order chi connectivity index (χ0) is 53.6. The van der Waals surface area contributed by atoms with Gasteiger partial charge in [-0.3, -0.25) is 14.4 Å². The summed E-state index contributed by atoms with van der Waals surface area (Å²) in [5.41, 5.74) is 0. The molecule has 0 saturated carbocycles. The SMILES string of the molecule is CCC/C=C\C/C=C\CCCCCCCC(=O)OCC(COC(=O)CCCCCCCCCCCCCCCCCCC/C=C\C/C=C\CCCCCCC)OC(=O)CCCCCCCCCCCCCCCC. The van der Waals surface area contributed by atoms with Crippen LogP contribution in [0.2, 0.25) is 0 Å². The number of unbranched alkanes of at least 4 members (excludes halogenated alkanes) is 41. The van der Waals surface area contributed by atoms with Crippen LogP contribution in [-0.2, 0) is 28.6 Å². The summed E-state index contributed by atoms with van der Waals surface area (Å²) in [6, 6.07) is 0. The number of hydrogen-bond donors (Lipinski definition) is 0. The average Bonchev–Trinajstić information content (AvgIpc) is 3.40. The van der Waals surface area contributed by atoms with Crippen molar-refractivity contribution in [2.24, 2.45) is 0 Å². The third-order valence-corrected chi connectivity index (χ3v) is 14.5. The zero-order valence-electron chi connectivity index (χ0n) is 49.6. The monoisotopic (exact) mass is 1040 g/mol. The Morgan fingerprint density at radius 3 is 0.797 bits per heavy atom. The summed E-state index contributed by atoms with van der Waals surface area (Å²) in [6.45, 7) is 6.60. The molecule has 74 heavy (non-hydrogen) atoms. The molecule has 0 aliphatic heterocycles. The zero-order valence-corrected chi connectivity index (χ0v) is 49.6. The van der Waals surface area contributed by atoms with Crippen LogP contribution >= 0.6 is 0 Å². The molecular formula is C68H124O6. The Kier molecular flexibility index (Phi) is 60.7. The van der Waals surface area contributed by atoms with E-state index in [0.29, 0.717) is 19.3 Å². The molecule has 0 aromatic carbocycles. The van der Waals surface area contributed by atoms with Gasteiger partial charge in [0.1, 0.15) is 13.2 Å². The maximum Gasteiger partial charge on any atom is 0.306 e. The molecule has 0 N–H and O–H groups in total. The summed E-state index contributed by atoms with van der Waals surface area (Å²) in [4.78, 5) is 38.2. The highest BCUT2D eigenvalue weighted by molar-refractivity contribution is 5.71. The molecule has 0 radical (unpaired) electrons. The third-order valence-electron chi connectivity index (χ3n) is 14.5. The number of hydrogen-bond acceptors (Lipinski definition) is 6. The highest BCUT2D eigenvalue weighted by Gasteiger charge is 2.19. The van der Waals surface area contributed by atoms with E-state index in [0.717, 1.165) is 89.9 Å². The van der Waals surface area contributed by atoms with Gasteiger partial charge in [0.25, 0.3) is 0 Å². The molecule has 1 atom stereocenters. The number of ether oxygens (including phenoxy) is 3. The van der Waals surface area contributed by atoms with Crippen LogP contribution in [-0.4, -0.2) is 37.2 Å². The lowest BCUT2D eigenvalue weighted by molar-refractivity contribution is -0.167. The van der Waals surface area contributed by atoms with Crippen LogP contribution in [0.25, 0.3) is 0 Å². The van der Waals surface area contributed by atoms with Crippen molar-refractivity contribution < 1.29 is 28.6 Å². The summed E-state index contributed by atoms with van der Waals surface area (Å²) in [6.07, 6.45) is 78.5. The van der Waals surface area contributed by atoms with Gasteiger partial charge in [0.05, 0.1) is 0 Å². The van der Waals surface area contributed by atoms with Gasteiger partial charge in [-0.1, -0.05) is 301 Å². The largest absolute Gasteiger partial charge is 0.462 e. The van der Waals surface area contributed by atoms with Crippen LogP contribution in [0, 0.1) is 0 Å². The van der Waals surface area contributed by atoms with Crippen molar-refractivity contribution in [3.8, 4) is 0 Å². The number of carbonyl (C=O) groups is 3. The summed E-state index contributed by atoms with van der Waals surface area (Å²) < 4.78 is 16.9. The second-order valence-corrected chi connectivity index (χ2v) is 22.0. The maximum atomic E-state index is 12.9. The van der Waals surface area contributed by atoms with Crippen LogP contribution in [0.4, 0.5) is 0 Å². The van der Waals surface area contributed by atoms with Crippen LogP contribution in [0.3, 0.4) is 0 Å². The first-order chi connectivity index (χ1) is 36.5. The van der Waals surface area contributed by atoms with E-state index < -0.39 is 6.10 Å². The van der Waals surface area contributed by atoms with Crippen LogP contribution in [0.5, 0.6) is 0 Å². The van der Waals surface area contributed by atoms with E-state index in [1.807, 2.05) is 0 Å². The Hall–Kier alpha value is -2.63. The first kappa shape index (κ1) is 71.4. The Balaban J connectivity index is 4.16. The van der Waals surface area contributed by atoms with Gasteiger partial charge in [-0.25, -0.2) is 0 Å². The van der Waals surface area contributed by atoms with Crippen molar-refractivity contribution in [3.63, 3.8) is 0 Å². The maximum absolute atomic E-state index is 12.9. The topological polar surface area (TPSA) is 78.9 Å². The molecule has 0 bridgehead atoms. The Bertz CT molecular complexity index is 1280. The molecule has 0 fully saturated rings. The van der Waals surface area contributed by atoms with Crippen molar-refractivity contribution in [2.45, 2.75) is 354 Å². The van der Waals surface area contributed by atoms with Crippen molar-refractivity contribution >= 4 is 17.9 Å². The molecule has 432 valence electrons. The van der Waals surface area contributed by atoms with Gasteiger partial charge in [-0.05, 0) is 77.0 Å². The minimum Gasteiger partial charge on any atom is -0.462 e. The molecule has 0 aromatic heterocycles. The number of rotatable bonds is 60. The van der Waals surface area contributed by atoms with Gasteiger partial charge >= 0.3 is 17.9 Å². The molecule has 0 rings (SSSR count). The Morgan fingerprint density at radius 2 is 0.514 bits per heavy atom. The molecule has 0 heterocycles. The van der Waals surface area contributed by atoms with Crippen molar-refractivity contribution in [1.29, 1.82) is 0 Å². The van der Waals surface area contributed by atoms with E-state index in [1.54, 1.807) is 0 Å². The van der Waals surface area contributed by atoms with Crippen LogP contribution < -0.4 is 0 Å². The summed E-state index contributed by atoms with van der Waals surface area (Å²) in [7, 11) is 0. The molecule has 0 aliphatic rings. The van der Waals surface area contributed by atoms with Gasteiger partial charge in [0, 0.05) is 19.3 Å². The first-order valence-electron chi connectivity index (χ1n) is 32.6. The minimum absolute atomic E-state index is 0.0730. The minimum atomic E-state index is -0.775. The third kappa shape index (κ3) is 60.2. The fourth-order valence-electron chi connectivity index (χ4n) is 9.63. The summed E-state index contributed by atoms with van der Waals surface area (Å²) in [5, 5.41) is 0. The Morgan fingerprint density at radius 1 is 0.270 bits per heavy atom. The molecular weight excluding hydrogens is 913 g/mol. The lowest BCUT2D eigenvalue weighted by Gasteiger charge is -2.18. The fourth-order valence-corrected chi connectivity index (χ4v) is 9.63. The standard InChI is InChI=1S/C68H124O6/c1-4-7-10-13-16-19-22-25-27-28-29-30-31-32-33-34-35-36-37-38-39-40-41-44-46-49-52-55-58-61-67(70)73-64-65(63-72-66(69)60-57-54-51-48-45-42-24-21-18-15-12-9-6-3)74-68(71)62-59-56-53-50-47-43-26-23-20-17-14-11-8-5-2/h12,15,21-22,24-25,28-29,65H,4-11,13-14,16-20,23,26-27,30-64H2,1-3H3/b15-12-,24-21-,25-22-,29-28-. The van der Waals surface area contributed by atoms with E-state index in [-0.39, 0.29) is 31.1 Å². The first-order valence-corrected chi connectivity index (χ1v) is 32.6. The summed E-state index contributed by atoms with van der Waals surface area (Å²) >= 11 is 0. The van der Waals surface area contributed by atoms with Crippen molar-refractivity contribution in [1.82, 2.24) is 0 Å². The van der Waals surface area contributed by atoms with E-state index in [9.17, 15) is 14.4 Å². The molecule has 6 heteroatoms. The fraction of sp³-hybridized carbons (Fsp3) is 0.838. The number of allylic oxidation sites excluding steroid dienone is 8. The van der Waals surface area contributed by atoms with E-state index in [1.165, 1.54) is 218 Å². The quantitative estimate of drug-likeness (QED) is 0.0261. The molecule has 1 unspecified atom stereocenters. The lowest BCUT2D eigenvalue weighted by atomic mass is 10.0. The molecule has 0 amide bonds. The van der Waals surface area contributed by atoms with Gasteiger partial charge in [-0.2, -0.15) is 0 Å². The highest BCUT2D eigenvalue weighted by atomic mass is 16.6. The molecule has 0 spiro atoms. The second kappa shape index (κ2) is 62.9. The Labute approximate surface area is 460 Å². The molecule has 6 nitrogen and oxygen atoms in total. The van der Waals surface area contributed by atoms with Gasteiger partial charge < -0.3 is 14.2 Å². The van der Waals surface area contributed by atoms with E-state index in [4.69, 9.17) is 14.2 Å². The second-order valence-electron chi connectivity index (χ2n) is 22.0. The predicted molar refractivity (Wildman–Crippen MR) is 321 cm³/mol.